The van der Waals surface area contributed by atoms with Gasteiger partial charge in [-0.3, -0.25) is 9.59 Å². The van der Waals surface area contributed by atoms with E-state index < -0.39 is 12.0 Å². The summed E-state index contributed by atoms with van der Waals surface area (Å²) >= 11 is 1.71. The fourth-order valence-corrected chi connectivity index (χ4v) is 3.69. The highest BCUT2D eigenvalue weighted by Gasteiger charge is 2.24. The van der Waals surface area contributed by atoms with E-state index in [1.165, 1.54) is 10.4 Å². The SMILES string of the molecule is CC(C)C[C@H](NC(=O)CCC(=O)N1CCc2sccc2C1)C(=O)O. The average molecular weight is 352 g/mol. The number of rotatable bonds is 7. The molecule has 0 saturated carbocycles. The lowest BCUT2D eigenvalue weighted by Crippen LogP contribution is -2.42. The molecular formula is C17H24N2O4S. The molecular weight excluding hydrogens is 328 g/mol. The minimum atomic E-state index is -1.04. The van der Waals surface area contributed by atoms with Crippen molar-refractivity contribution in [2.45, 2.75) is 52.1 Å². The maximum absolute atomic E-state index is 12.3. The van der Waals surface area contributed by atoms with Crippen molar-refractivity contribution >= 4 is 29.1 Å². The van der Waals surface area contributed by atoms with Crippen LogP contribution in [0.4, 0.5) is 0 Å². The van der Waals surface area contributed by atoms with Crippen LogP contribution in [0.3, 0.4) is 0 Å². The number of carboxylic acids is 1. The van der Waals surface area contributed by atoms with Crippen LogP contribution in [-0.2, 0) is 27.3 Å². The molecule has 0 aromatic carbocycles. The quantitative estimate of drug-likeness (QED) is 0.786. The van der Waals surface area contributed by atoms with Gasteiger partial charge in [0.1, 0.15) is 6.04 Å². The predicted octanol–water partition coefficient (Wildman–Crippen LogP) is 2.03. The lowest BCUT2D eigenvalue weighted by Gasteiger charge is -2.27. The molecule has 0 bridgehead atoms. The summed E-state index contributed by atoms with van der Waals surface area (Å²) < 4.78 is 0. The number of aliphatic carboxylic acids is 1. The van der Waals surface area contributed by atoms with E-state index in [-0.39, 0.29) is 30.6 Å². The highest BCUT2D eigenvalue weighted by atomic mass is 32.1. The van der Waals surface area contributed by atoms with Gasteiger partial charge in [-0.2, -0.15) is 0 Å². The summed E-state index contributed by atoms with van der Waals surface area (Å²) in [6.45, 7) is 5.09. The Kier molecular flexibility index (Phi) is 6.36. The number of carbonyl (C=O) groups is 3. The third-order valence-electron chi connectivity index (χ3n) is 4.07. The van der Waals surface area contributed by atoms with Gasteiger partial charge in [0.05, 0.1) is 0 Å². The highest BCUT2D eigenvalue weighted by molar-refractivity contribution is 7.10. The molecule has 2 amide bonds. The Morgan fingerprint density at radius 1 is 1.33 bits per heavy atom. The van der Waals surface area contributed by atoms with Gasteiger partial charge in [0.2, 0.25) is 11.8 Å². The van der Waals surface area contributed by atoms with Gasteiger partial charge in [-0.25, -0.2) is 4.79 Å². The van der Waals surface area contributed by atoms with Crippen LogP contribution >= 0.6 is 11.3 Å². The second-order valence-electron chi connectivity index (χ2n) is 6.52. The molecule has 0 spiro atoms. The minimum Gasteiger partial charge on any atom is -0.480 e. The van der Waals surface area contributed by atoms with Crippen LogP contribution in [0.1, 0.15) is 43.6 Å². The smallest absolute Gasteiger partial charge is 0.326 e. The summed E-state index contributed by atoms with van der Waals surface area (Å²) in [7, 11) is 0. The first-order chi connectivity index (χ1) is 11.4. The molecule has 2 N–H and O–H groups in total. The van der Waals surface area contributed by atoms with Crippen molar-refractivity contribution in [1.82, 2.24) is 10.2 Å². The van der Waals surface area contributed by atoms with Gasteiger partial charge in [-0.1, -0.05) is 13.8 Å². The molecule has 0 saturated heterocycles. The third-order valence-corrected chi connectivity index (χ3v) is 5.09. The Hall–Kier alpha value is -1.89. The van der Waals surface area contributed by atoms with Gasteiger partial charge in [-0.05, 0) is 35.8 Å². The summed E-state index contributed by atoms with van der Waals surface area (Å²) in [4.78, 5) is 38.5. The van der Waals surface area contributed by atoms with Gasteiger partial charge >= 0.3 is 5.97 Å². The Labute approximate surface area is 145 Å². The van der Waals surface area contributed by atoms with Crippen molar-refractivity contribution in [2.75, 3.05) is 6.54 Å². The molecule has 0 unspecified atom stereocenters. The lowest BCUT2D eigenvalue weighted by molar-refractivity contribution is -0.142. The van der Waals surface area contributed by atoms with Gasteiger partial charge in [0.15, 0.2) is 0 Å². The van der Waals surface area contributed by atoms with E-state index in [1.807, 2.05) is 25.3 Å². The lowest BCUT2D eigenvalue weighted by atomic mass is 10.0. The molecule has 24 heavy (non-hydrogen) atoms. The number of carboxylic acid groups (broad SMARTS) is 1. The molecule has 1 aromatic rings. The van der Waals surface area contributed by atoms with E-state index in [4.69, 9.17) is 5.11 Å². The van der Waals surface area contributed by atoms with Crippen molar-refractivity contribution in [3.05, 3.63) is 21.9 Å². The van der Waals surface area contributed by atoms with Gasteiger partial charge in [-0.15, -0.1) is 11.3 Å². The zero-order chi connectivity index (χ0) is 17.7. The second kappa shape index (κ2) is 8.28. The van der Waals surface area contributed by atoms with Gasteiger partial charge in [0, 0.05) is 30.8 Å². The van der Waals surface area contributed by atoms with E-state index >= 15 is 0 Å². The zero-order valence-corrected chi connectivity index (χ0v) is 14.9. The fraction of sp³-hybridized carbons (Fsp3) is 0.588. The first kappa shape index (κ1) is 18.4. The van der Waals surface area contributed by atoms with Crippen LogP contribution in [-0.4, -0.2) is 40.4 Å². The number of nitrogens with one attached hydrogen (secondary N) is 1. The molecule has 1 atom stereocenters. The summed E-state index contributed by atoms with van der Waals surface area (Å²) in [5, 5.41) is 13.7. The van der Waals surface area contributed by atoms with Crippen LogP contribution < -0.4 is 5.32 Å². The van der Waals surface area contributed by atoms with Crippen LogP contribution in [0.25, 0.3) is 0 Å². The van der Waals surface area contributed by atoms with Crippen molar-refractivity contribution in [3.8, 4) is 0 Å². The van der Waals surface area contributed by atoms with Crippen LogP contribution in [0.15, 0.2) is 11.4 Å². The maximum Gasteiger partial charge on any atom is 0.326 e. The molecule has 0 fully saturated rings. The molecule has 6 nitrogen and oxygen atoms in total. The highest BCUT2D eigenvalue weighted by Crippen LogP contribution is 2.24. The van der Waals surface area contributed by atoms with Crippen LogP contribution in [0.2, 0.25) is 0 Å². The van der Waals surface area contributed by atoms with Gasteiger partial charge in [0.25, 0.3) is 0 Å². The van der Waals surface area contributed by atoms with Crippen molar-refractivity contribution in [2.24, 2.45) is 5.92 Å². The van der Waals surface area contributed by atoms with E-state index in [9.17, 15) is 14.4 Å². The largest absolute Gasteiger partial charge is 0.480 e. The predicted molar refractivity (Wildman–Crippen MR) is 91.7 cm³/mol. The third kappa shape index (κ3) is 5.06. The molecule has 2 rings (SSSR count). The molecule has 1 aliphatic heterocycles. The standard InChI is InChI=1S/C17H24N2O4S/c1-11(2)9-13(17(22)23)18-15(20)3-4-16(21)19-7-5-14-12(10-19)6-8-24-14/h6,8,11,13H,3-5,7,9-10H2,1-2H3,(H,18,20)(H,22,23)/t13-/m0/s1. The molecule has 7 heteroatoms. The summed E-state index contributed by atoms with van der Waals surface area (Å²) in [6, 6.07) is 1.14. The second-order valence-corrected chi connectivity index (χ2v) is 7.52. The normalized spacial score (nSPS) is 15.0. The number of carbonyl (C=O) groups excluding carboxylic acids is 2. The summed E-state index contributed by atoms with van der Waals surface area (Å²) in [5.41, 5.74) is 1.19. The Bertz CT molecular complexity index is 611. The maximum atomic E-state index is 12.3. The number of fused-ring (bicyclic) bond motifs is 1. The summed E-state index contributed by atoms with van der Waals surface area (Å²) in [6.07, 6.45) is 1.37. The molecule has 1 aliphatic rings. The summed E-state index contributed by atoms with van der Waals surface area (Å²) in [5.74, 6) is -1.31. The van der Waals surface area contributed by atoms with Crippen molar-refractivity contribution < 1.29 is 19.5 Å². The number of nitrogens with zero attached hydrogens (tertiary/aromatic N) is 1. The Morgan fingerprint density at radius 2 is 2.08 bits per heavy atom. The van der Waals surface area contributed by atoms with E-state index in [0.29, 0.717) is 19.5 Å². The van der Waals surface area contributed by atoms with E-state index in [2.05, 4.69) is 5.32 Å². The van der Waals surface area contributed by atoms with Crippen LogP contribution in [0.5, 0.6) is 0 Å². The van der Waals surface area contributed by atoms with Crippen molar-refractivity contribution in [3.63, 3.8) is 0 Å². The first-order valence-corrected chi connectivity index (χ1v) is 9.10. The molecule has 1 aromatic heterocycles. The Balaban J connectivity index is 1.79. The fourth-order valence-electron chi connectivity index (χ4n) is 2.80. The topological polar surface area (TPSA) is 86.7 Å². The number of amides is 2. The molecule has 0 aliphatic carbocycles. The van der Waals surface area contributed by atoms with Crippen molar-refractivity contribution in [1.29, 1.82) is 0 Å². The monoisotopic (exact) mass is 352 g/mol. The van der Waals surface area contributed by atoms with Gasteiger partial charge < -0.3 is 15.3 Å². The average Bonchev–Trinajstić information content (AvgIpc) is 2.98. The molecule has 0 radical (unpaired) electrons. The first-order valence-electron chi connectivity index (χ1n) is 8.22. The van der Waals surface area contributed by atoms with E-state index in [0.717, 1.165) is 6.42 Å². The minimum absolute atomic E-state index is 0.0215. The Morgan fingerprint density at radius 3 is 2.75 bits per heavy atom. The number of hydrogen-bond donors (Lipinski definition) is 2. The number of hydrogen-bond acceptors (Lipinski definition) is 4. The molecule has 2 heterocycles. The zero-order valence-electron chi connectivity index (χ0n) is 14.1. The van der Waals surface area contributed by atoms with Crippen LogP contribution in [0, 0.1) is 5.92 Å². The molecule has 132 valence electrons. The van der Waals surface area contributed by atoms with E-state index in [1.54, 1.807) is 16.2 Å². The number of thiophene rings is 1.